The normalized spacial score (nSPS) is 12.2. The highest BCUT2D eigenvalue weighted by Gasteiger charge is 2.11. The molecule has 0 aliphatic heterocycles. The van der Waals surface area contributed by atoms with Crippen LogP contribution in [-0.4, -0.2) is 5.11 Å². The second kappa shape index (κ2) is 3.80. The van der Waals surface area contributed by atoms with E-state index in [-0.39, 0.29) is 11.7 Å². The molecule has 0 aromatic heterocycles. The molecule has 0 spiro atoms. The fourth-order valence-electron chi connectivity index (χ4n) is 1.16. The van der Waals surface area contributed by atoms with Gasteiger partial charge in [-0.05, 0) is 37.1 Å². The van der Waals surface area contributed by atoms with E-state index in [1.54, 1.807) is 19.1 Å². The van der Waals surface area contributed by atoms with Crippen molar-refractivity contribution in [2.45, 2.75) is 19.8 Å². The molecule has 1 aromatic carbocycles. The number of nitrogens with zero attached hydrogens (tertiary/aromatic N) is 1. The van der Waals surface area contributed by atoms with E-state index in [2.05, 4.69) is 22.0 Å². The maximum atomic E-state index is 9.33. The van der Waals surface area contributed by atoms with Gasteiger partial charge in [-0.3, -0.25) is 0 Å². The van der Waals surface area contributed by atoms with Crippen LogP contribution in [-0.2, 0) is 0 Å². The van der Waals surface area contributed by atoms with Crippen LogP contribution in [0.15, 0.2) is 16.6 Å². The molecular formula is C10H10BrNO. The monoisotopic (exact) mass is 239 g/mol. The number of benzene rings is 1. The van der Waals surface area contributed by atoms with Crippen LogP contribution >= 0.6 is 15.9 Å². The first-order chi connectivity index (χ1) is 6.06. The molecular weight excluding hydrogens is 230 g/mol. The molecule has 13 heavy (non-hydrogen) atoms. The Bertz CT molecular complexity index is 368. The Morgan fingerprint density at radius 2 is 2.15 bits per heavy atom. The summed E-state index contributed by atoms with van der Waals surface area (Å²) >= 11 is 3.39. The van der Waals surface area contributed by atoms with E-state index >= 15 is 0 Å². The van der Waals surface area contributed by atoms with Crippen molar-refractivity contribution in [2.24, 2.45) is 0 Å². The molecule has 2 nitrogen and oxygen atoms in total. The molecule has 0 saturated carbocycles. The number of hydrogen-bond acceptors (Lipinski definition) is 2. The van der Waals surface area contributed by atoms with Crippen molar-refractivity contribution in [1.29, 1.82) is 5.26 Å². The van der Waals surface area contributed by atoms with E-state index in [4.69, 9.17) is 5.26 Å². The van der Waals surface area contributed by atoms with Crippen LogP contribution in [0.25, 0.3) is 0 Å². The van der Waals surface area contributed by atoms with E-state index in [9.17, 15) is 5.11 Å². The minimum atomic E-state index is -0.208. The summed E-state index contributed by atoms with van der Waals surface area (Å²) in [5.41, 5.74) is 1.78. The predicted octanol–water partition coefficient (Wildman–Crippen LogP) is 3.09. The lowest BCUT2D eigenvalue weighted by Gasteiger charge is -2.09. The number of rotatable bonds is 1. The number of aromatic hydroxyl groups is 1. The van der Waals surface area contributed by atoms with Crippen molar-refractivity contribution >= 4 is 15.9 Å². The maximum Gasteiger partial charge on any atom is 0.116 e. The van der Waals surface area contributed by atoms with Gasteiger partial charge in [0.2, 0.25) is 0 Å². The lowest BCUT2D eigenvalue weighted by atomic mass is 10.0. The topological polar surface area (TPSA) is 44.0 Å². The van der Waals surface area contributed by atoms with Gasteiger partial charge in [0.25, 0.3) is 0 Å². The lowest BCUT2D eigenvalue weighted by Crippen LogP contribution is -1.92. The number of hydrogen-bond donors (Lipinski definition) is 1. The summed E-state index contributed by atoms with van der Waals surface area (Å²) in [6.45, 7) is 3.69. The zero-order valence-electron chi connectivity index (χ0n) is 7.50. The first-order valence-electron chi connectivity index (χ1n) is 3.95. The minimum absolute atomic E-state index is 0.206. The molecule has 1 unspecified atom stereocenters. The molecule has 0 heterocycles. The van der Waals surface area contributed by atoms with E-state index < -0.39 is 0 Å². The van der Waals surface area contributed by atoms with E-state index in [0.29, 0.717) is 0 Å². The Morgan fingerprint density at radius 1 is 1.54 bits per heavy atom. The summed E-state index contributed by atoms with van der Waals surface area (Å²) in [4.78, 5) is 0. The highest BCUT2D eigenvalue weighted by molar-refractivity contribution is 9.10. The lowest BCUT2D eigenvalue weighted by molar-refractivity contribution is 0.473. The van der Waals surface area contributed by atoms with Gasteiger partial charge in [-0.1, -0.05) is 15.9 Å². The van der Waals surface area contributed by atoms with Crippen LogP contribution in [0, 0.1) is 18.3 Å². The predicted molar refractivity (Wildman–Crippen MR) is 54.6 cm³/mol. The summed E-state index contributed by atoms with van der Waals surface area (Å²) < 4.78 is 0.902. The molecule has 1 atom stereocenters. The molecule has 0 saturated heterocycles. The van der Waals surface area contributed by atoms with Gasteiger partial charge in [0.05, 0.1) is 12.0 Å². The molecule has 0 bridgehead atoms. The maximum absolute atomic E-state index is 9.33. The van der Waals surface area contributed by atoms with Crippen molar-refractivity contribution in [1.82, 2.24) is 0 Å². The van der Waals surface area contributed by atoms with Gasteiger partial charge in [0.1, 0.15) is 5.75 Å². The van der Waals surface area contributed by atoms with Gasteiger partial charge in [-0.25, -0.2) is 0 Å². The molecule has 68 valence electrons. The number of phenols is 1. The van der Waals surface area contributed by atoms with Crippen LogP contribution in [0.4, 0.5) is 0 Å². The second-order valence-corrected chi connectivity index (χ2v) is 3.81. The van der Waals surface area contributed by atoms with Crippen molar-refractivity contribution in [2.75, 3.05) is 0 Å². The summed E-state index contributed by atoms with van der Waals surface area (Å²) in [5.74, 6) is -0.00188. The first-order valence-corrected chi connectivity index (χ1v) is 4.74. The largest absolute Gasteiger partial charge is 0.508 e. The Hall–Kier alpha value is -1.01. The van der Waals surface area contributed by atoms with Crippen molar-refractivity contribution in [3.63, 3.8) is 0 Å². The first kappa shape index (κ1) is 10.1. The van der Waals surface area contributed by atoms with Gasteiger partial charge >= 0.3 is 0 Å². The fourth-order valence-corrected chi connectivity index (χ4v) is 1.73. The van der Waals surface area contributed by atoms with E-state index in [1.807, 2.05) is 6.92 Å². The zero-order chi connectivity index (χ0) is 10.0. The summed E-state index contributed by atoms with van der Waals surface area (Å²) in [6.07, 6.45) is 0. The Kier molecular flexibility index (Phi) is 2.94. The third-order valence-corrected chi connectivity index (χ3v) is 3.01. The molecule has 0 aliphatic carbocycles. The molecule has 0 amide bonds. The fraction of sp³-hybridized carbons (Fsp3) is 0.300. The Morgan fingerprint density at radius 3 is 2.69 bits per heavy atom. The van der Waals surface area contributed by atoms with Gasteiger partial charge in [0.15, 0.2) is 0 Å². The third-order valence-electron chi connectivity index (χ3n) is 1.93. The molecule has 1 rings (SSSR count). The molecule has 0 radical (unpaired) electrons. The van der Waals surface area contributed by atoms with Gasteiger partial charge in [-0.2, -0.15) is 5.26 Å². The van der Waals surface area contributed by atoms with E-state index in [0.717, 1.165) is 15.6 Å². The van der Waals surface area contributed by atoms with Crippen LogP contribution in [0.3, 0.4) is 0 Å². The van der Waals surface area contributed by atoms with Gasteiger partial charge < -0.3 is 5.11 Å². The Labute approximate surface area is 85.9 Å². The molecule has 1 aromatic rings. The van der Waals surface area contributed by atoms with Crippen LogP contribution in [0.2, 0.25) is 0 Å². The summed E-state index contributed by atoms with van der Waals surface area (Å²) in [6, 6.07) is 5.42. The highest BCUT2D eigenvalue weighted by Crippen LogP contribution is 2.31. The Balaban J connectivity index is 3.30. The highest BCUT2D eigenvalue weighted by atomic mass is 79.9. The average Bonchev–Trinajstić information content (AvgIpc) is 2.10. The van der Waals surface area contributed by atoms with Crippen LogP contribution in [0.5, 0.6) is 5.75 Å². The smallest absolute Gasteiger partial charge is 0.116 e. The zero-order valence-corrected chi connectivity index (χ0v) is 9.09. The minimum Gasteiger partial charge on any atom is -0.508 e. The van der Waals surface area contributed by atoms with Crippen LogP contribution < -0.4 is 0 Å². The van der Waals surface area contributed by atoms with Crippen LogP contribution in [0.1, 0.15) is 24.0 Å². The van der Waals surface area contributed by atoms with Crippen molar-refractivity contribution in [3.8, 4) is 11.8 Å². The molecule has 1 N–H and O–H groups in total. The quantitative estimate of drug-likeness (QED) is 0.819. The van der Waals surface area contributed by atoms with Crippen molar-refractivity contribution in [3.05, 3.63) is 27.7 Å². The van der Waals surface area contributed by atoms with Gasteiger partial charge in [0, 0.05) is 4.47 Å². The number of phenolic OH excluding ortho intramolecular Hbond substituents is 1. The van der Waals surface area contributed by atoms with E-state index in [1.165, 1.54) is 0 Å². The van der Waals surface area contributed by atoms with Gasteiger partial charge in [-0.15, -0.1) is 0 Å². The third kappa shape index (κ3) is 2.02. The average molecular weight is 240 g/mol. The summed E-state index contributed by atoms with van der Waals surface area (Å²) in [5, 5.41) is 18.1. The number of halogens is 1. The molecule has 0 fully saturated rings. The number of aryl methyl sites for hydroxylation is 1. The molecule has 3 heteroatoms. The standard InChI is InChI=1S/C10H10BrNO/c1-6-3-8(13)4-9(10(6)11)7(2)5-12/h3-4,7,13H,1-2H3. The SMILES string of the molecule is Cc1cc(O)cc(C(C)C#N)c1Br. The molecule has 0 aliphatic rings. The summed E-state index contributed by atoms with van der Waals surface area (Å²) in [7, 11) is 0. The number of nitriles is 1. The van der Waals surface area contributed by atoms with Crippen molar-refractivity contribution < 1.29 is 5.11 Å². The second-order valence-electron chi connectivity index (χ2n) is 3.02.